The molecule has 0 saturated carbocycles. The lowest BCUT2D eigenvalue weighted by Gasteiger charge is -2.57. The molecule has 6 heteroatoms. The van der Waals surface area contributed by atoms with E-state index in [1.807, 2.05) is 36.4 Å². The van der Waals surface area contributed by atoms with E-state index in [4.69, 9.17) is 4.74 Å². The smallest absolute Gasteiger partial charge is 0.247 e. The van der Waals surface area contributed by atoms with Crippen molar-refractivity contribution in [1.29, 1.82) is 0 Å². The number of methoxy groups -OCH3 is 1. The zero-order chi connectivity index (χ0) is 22.3. The number of hydrogen-bond acceptors (Lipinski definition) is 4. The summed E-state index contributed by atoms with van der Waals surface area (Å²) in [4.78, 5) is 4.49. The van der Waals surface area contributed by atoms with Crippen LogP contribution in [0.5, 0.6) is 5.75 Å². The Labute approximate surface area is 188 Å². The number of pyridine rings is 2. The topological polar surface area (TPSA) is 69.3 Å². The molecule has 3 aromatic rings. The average molecular weight is 433 g/mol. The van der Waals surface area contributed by atoms with Crippen LogP contribution in [0.15, 0.2) is 67.5 Å². The minimum absolute atomic E-state index is 0.00181. The molecule has 32 heavy (non-hydrogen) atoms. The van der Waals surface area contributed by atoms with Gasteiger partial charge in [0.2, 0.25) is 5.69 Å². The first-order valence-corrected chi connectivity index (χ1v) is 11.3. The number of aromatic nitrogens is 2. The van der Waals surface area contributed by atoms with E-state index in [-0.39, 0.29) is 6.04 Å². The van der Waals surface area contributed by atoms with Crippen LogP contribution in [-0.2, 0) is 6.54 Å². The summed E-state index contributed by atoms with van der Waals surface area (Å²) in [5.74, 6) is 1.67. The standard InChI is InChI=1S/C26H30N3O3/c1-3-18-16-29(17-20-6-4-5-12-28(20)31)13-10-19(18)14-25(29)26(30)22-9-11-27-24-8-7-21(32-2)15-23(22)24/h3-9,11-12,15,18-19,25-26,30H,1,10,13-14,16-17H2,2H3/q+1/t18?,19?,25?,26-,29?/m1/s1. The van der Waals surface area contributed by atoms with Crippen LogP contribution in [-0.4, -0.2) is 40.8 Å². The number of quaternary nitrogens is 1. The molecule has 3 aliphatic rings. The largest absolute Gasteiger partial charge is 0.618 e. The molecule has 3 fully saturated rings. The lowest BCUT2D eigenvalue weighted by atomic mass is 9.71. The minimum atomic E-state index is -0.662. The van der Waals surface area contributed by atoms with Crippen molar-refractivity contribution >= 4 is 10.9 Å². The van der Waals surface area contributed by atoms with E-state index in [0.717, 1.165) is 58.6 Å². The summed E-state index contributed by atoms with van der Waals surface area (Å²) in [5, 5.41) is 25.2. The van der Waals surface area contributed by atoms with Gasteiger partial charge in [-0.1, -0.05) is 6.08 Å². The van der Waals surface area contributed by atoms with Crippen molar-refractivity contribution in [2.45, 2.75) is 31.5 Å². The van der Waals surface area contributed by atoms with Gasteiger partial charge in [-0.2, -0.15) is 4.73 Å². The maximum atomic E-state index is 12.5. The van der Waals surface area contributed by atoms with Gasteiger partial charge >= 0.3 is 0 Å². The van der Waals surface area contributed by atoms with Gasteiger partial charge < -0.3 is 19.5 Å². The zero-order valence-corrected chi connectivity index (χ0v) is 18.4. The van der Waals surface area contributed by atoms with E-state index in [0.29, 0.717) is 22.9 Å². The van der Waals surface area contributed by atoms with Crippen molar-refractivity contribution in [3.05, 3.63) is 84.0 Å². The molecule has 0 radical (unpaired) electrons. The quantitative estimate of drug-likeness (QED) is 0.280. The maximum absolute atomic E-state index is 12.5. The number of ether oxygens (including phenoxy) is 1. The Morgan fingerprint density at radius 3 is 3.00 bits per heavy atom. The van der Waals surface area contributed by atoms with E-state index in [1.54, 1.807) is 25.6 Å². The highest BCUT2D eigenvalue weighted by Gasteiger charge is 2.54. The lowest BCUT2D eigenvalue weighted by Crippen LogP contribution is -2.68. The van der Waals surface area contributed by atoms with Gasteiger partial charge in [-0.3, -0.25) is 4.98 Å². The maximum Gasteiger partial charge on any atom is 0.247 e. The first-order valence-electron chi connectivity index (χ1n) is 11.3. The van der Waals surface area contributed by atoms with Crippen LogP contribution in [0.1, 0.15) is 30.2 Å². The Bertz CT molecular complexity index is 1150. The number of rotatable bonds is 6. The number of aliphatic hydroxyl groups excluding tert-OH is 1. The first kappa shape index (κ1) is 20.9. The molecule has 0 aliphatic carbocycles. The molecule has 0 spiro atoms. The molecular weight excluding hydrogens is 402 g/mol. The Morgan fingerprint density at radius 2 is 2.22 bits per heavy atom. The van der Waals surface area contributed by atoms with Gasteiger partial charge in [0, 0.05) is 42.5 Å². The Balaban J connectivity index is 1.57. The van der Waals surface area contributed by atoms with E-state index in [9.17, 15) is 10.3 Å². The van der Waals surface area contributed by atoms with Gasteiger partial charge in [-0.05, 0) is 41.8 Å². The van der Waals surface area contributed by atoms with E-state index < -0.39 is 6.10 Å². The minimum Gasteiger partial charge on any atom is -0.618 e. The number of piperidine rings is 3. The van der Waals surface area contributed by atoms with E-state index >= 15 is 0 Å². The molecule has 4 unspecified atom stereocenters. The predicted molar refractivity (Wildman–Crippen MR) is 123 cm³/mol. The Kier molecular flexibility index (Phi) is 5.35. The number of hydrogen-bond donors (Lipinski definition) is 1. The lowest BCUT2D eigenvalue weighted by molar-refractivity contribution is -0.989. The second-order valence-corrected chi connectivity index (χ2v) is 9.28. The third-order valence-electron chi connectivity index (χ3n) is 7.72. The van der Waals surface area contributed by atoms with Crippen molar-refractivity contribution in [2.75, 3.05) is 20.2 Å². The van der Waals surface area contributed by atoms with Crippen LogP contribution in [0, 0.1) is 17.0 Å². The van der Waals surface area contributed by atoms with Crippen LogP contribution in [0.3, 0.4) is 0 Å². The summed E-state index contributed by atoms with van der Waals surface area (Å²) in [6, 6.07) is 13.3. The Hall–Kier alpha value is -2.96. The molecule has 3 aliphatic heterocycles. The van der Waals surface area contributed by atoms with Gasteiger partial charge in [-0.25, -0.2) is 0 Å². The fraction of sp³-hybridized carbons (Fsp3) is 0.385. The number of fused-ring (bicyclic) bond motifs is 4. The highest BCUT2D eigenvalue weighted by molar-refractivity contribution is 5.83. The molecule has 2 bridgehead atoms. The third-order valence-corrected chi connectivity index (χ3v) is 7.72. The molecule has 5 heterocycles. The zero-order valence-electron chi connectivity index (χ0n) is 18.4. The van der Waals surface area contributed by atoms with Crippen molar-refractivity contribution < 1.29 is 19.1 Å². The van der Waals surface area contributed by atoms with Gasteiger partial charge in [0.25, 0.3) is 0 Å². The van der Waals surface area contributed by atoms with Gasteiger partial charge in [-0.15, -0.1) is 6.58 Å². The van der Waals surface area contributed by atoms with Crippen LogP contribution in [0.4, 0.5) is 0 Å². The van der Waals surface area contributed by atoms with E-state index in [2.05, 4.69) is 17.6 Å². The number of aliphatic hydroxyl groups is 1. The molecule has 6 nitrogen and oxygen atoms in total. The highest BCUT2D eigenvalue weighted by atomic mass is 16.5. The fourth-order valence-corrected chi connectivity index (χ4v) is 6.03. The van der Waals surface area contributed by atoms with Crippen LogP contribution in [0.25, 0.3) is 10.9 Å². The SMILES string of the molecule is C=CC1C[N+]2(Cc3cccc[n+]3[O-])CCC1CC2[C@H](O)c1ccnc2ccc(OC)cc12. The normalized spacial score (nSPS) is 27.9. The molecule has 2 aromatic heterocycles. The summed E-state index contributed by atoms with van der Waals surface area (Å²) < 4.78 is 7.10. The van der Waals surface area contributed by atoms with Crippen molar-refractivity contribution in [3.63, 3.8) is 0 Å². The molecular formula is C26H30N3O3+. The molecule has 1 aromatic carbocycles. The Morgan fingerprint density at radius 1 is 1.34 bits per heavy atom. The van der Waals surface area contributed by atoms with Gasteiger partial charge in [0.15, 0.2) is 12.7 Å². The summed E-state index contributed by atoms with van der Waals surface area (Å²) >= 11 is 0. The van der Waals surface area contributed by atoms with Crippen molar-refractivity contribution in [2.24, 2.45) is 11.8 Å². The van der Waals surface area contributed by atoms with E-state index in [1.165, 1.54) is 0 Å². The monoisotopic (exact) mass is 432 g/mol. The molecule has 166 valence electrons. The molecule has 3 saturated heterocycles. The summed E-state index contributed by atoms with van der Waals surface area (Å²) in [7, 11) is 1.65. The average Bonchev–Trinajstić information content (AvgIpc) is 2.84. The van der Waals surface area contributed by atoms with Gasteiger partial charge in [0.05, 0.1) is 25.7 Å². The summed E-state index contributed by atoms with van der Waals surface area (Å²) in [6.45, 7) is 6.55. The third kappa shape index (κ3) is 3.44. The second-order valence-electron chi connectivity index (χ2n) is 9.28. The molecule has 6 rings (SSSR count). The number of benzene rings is 1. The number of nitrogens with zero attached hydrogens (tertiary/aromatic N) is 3. The second kappa shape index (κ2) is 8.19. The highest BCUT2D eigenvalue weighted by Crippen LogP contribution is 2.47. The summed E-state index contributed by atoms with van der Waals surface area (Å²) in [6.07, 6.45) is 6.74. The first-order chi connectivity index (χ1) is 15.5. The van der Waals surface area contributed by atoms with Crippen LogP contribution < -0.4 is 9.47 Å². The molecule has 5 atom stereocenters. The molecule has 1 N–H and O–H groups in total. The molecule has 0 amide bonds. The van der Waals surface area contributed by atoms with Gasteiger partial charge in [0.1, 0.15) is 17.9 Å². The van der Waals surface area contributed by atoms with Crippen LogP contribution >= 0.6 is 0 Å². The van der Waals surface area contributed by atoms with Crippen LogP contribution in [0.2, 0.25) is 0 Å². The van der Waals surface area contributed by atoms with Crippen molar-refractivity contribution in [3.8, 4) is 5.75 Å². The summed E-state index contributed by atoms with van der Waals surface area (Å²) in [5.41, 5.74) is 2.46. The fourth-order valence-electron chi connectivity index (χ4n) is 6.03. The van der Waals surface area contributed by atoms with Crippen molar-refractivity contribution in [1.82, 2.24) is 4.98 Å². The predicted octanol–water partition coefficient (Wildman–Crippen LogP) is 3.52.